The van der Waals surface area contributed by atoms with Crippen molar-refractivity contribution in [3.05, 3.63) is 89.0 Å². The highest BCUT2D eigenvalue weighted by Crippen LogP contribution is 2.47. The van der Waals surface area contributed by atoms with E-state index in [2.05, 4.69) is 10.1 Å². The third-order valence-corrected chi connectivity index (χ3v) is 7.68. The van der Waals surface area contributed by atoms with Crippen LogP contribution in [0.5, 0.6) is 11.5 Å². The molecule has 6 rings (SSSR count). The van der Waals surface area contributed by atoms with E-state index in [4.69, 9.17) is 14.6 Å². The van der Waals surface area contributed by atoms with Crippen LogP contribution in [-0.2, 0) is 23.0 Å². The van der Waals surface area contributed by atoms with E-state index in [9.17, 15) is 23.1 Å². The maximum absolute atomic E-state index is 14.2. The summed E-state index contributed by atoms with van der Waals surface area (Å²) >= 11 is 0. The van der Waals surface area contributed by atoms with Crippen molar-refractivity contribution in [1.82, 2.24) is 14.8 Å². The number of nitrogens with zero attached hydrogens (tertiary/aromatic N) is 3. The summed E-state index contributed by atoms with van der Waals surface area (Å²) in [6, 6.07) is 14.5. The van der Waals surface area contributed by atoms with Crippen molar-refractivity contribution in [3.8, 4) is 28.3 Å². The molecule has 0 saturated carbocycles. The van der Waals surface area contributed by atoms with Crippen molar-refractivity contribution < 1.29 is 37.7 Å². The van der Waals surface area contributed by atoms with E-state index in [1.165, 1.54) is 17.1 Å². The maximum Gasteiger partial charge on any atom is 0.417 e. The van der Waals surface area contributed by atoms with Crippen LogP contribution in [0.1, 0.15) is 66.8 Å². The number of halogens is 3. The molecule has 0 spiro atoms. The molecular formula is C31H28F3N3O5. The number of carboxylic acid groups (broad SMARTS) is 1. The molecule has 218 valence electrons. The fraction of sp³-hybridized carbons (Fsp3) is 0.323. The summed E-state index contributed by atoms with van der Waals surface area (Å²) in [4.78, 5) is 15.3. The minimum absolute atomic E-state index is 0.0325. The van der Waals surface area contributed by atoms with Crippen molar-refractivity contribution in [3.63, 3.8) is 0 Å². The summed E-state index contributed by atoms with van der Waals surface area (Å²) in [5, 5.41) is 23.6. The van der Waals surface area contributed by atoms with E-state index in [1.54, 1.807) is 56.3 Å². The van der Waals surface area contributed by atoms with Crippen LogP contribution in [0, 0.1) is 0 Å². The van der Waals surface area contributed by atoms with Gasteiger partial charge < -0.3 is 19.7 Å². The summed E-state index contributed by atoms with van der Waals surface area (Å²) in [6.07, 6.45) is -2.69. The maximum atomic E-state index is 14.2. The van der Waals surface area contributed by atoms with Gasteiger partial charge in [-0.1, -0.05) is 24.3 Å². The normalized spacial score (nSPS) is 18.0. The Balaban J connectivity index is 1.30. The smallest absolute Gasteiger partial charge is 0.417 e. The molecule has 1 aromatic heterocycles. The summed E-state index contributed by atoms with van der Waals surface area (Å²) in [5.74, 6) is 0.162. The first kappa shape index (κ1) is 27.8. The number of hydrogen-bond acceptors (Lipinski definition) is 6. The van der Waals surface area contributed by atoms with Gasteiger partial charge in [-0.2, -0.15) is 13.2 Å². The molecule has 2 N–H and O–H groups in total. The molecule has 8 nitrogen and oxygen atoms in total. The Morgan fingerprint density at radius 2 is 1.83 bits per heavy atom. The van der Waals surface area contributed by atoms with Gasteiger partial charge in [-0.05, 0) is 73.2 Å². The topological polar surface area (TPSA) is 107 Å². The van der Waals surface area contributed by atoms with Gasteiger partial charge in [0.05, 0.1) is 24.3 Å². The zero-order valence-corrected chi connectivity index (χ0v) is 22.9. The molecule has 1 unspecified atom stereocenters. The van der Waals surface area contributed by atoms with Gasteiger partial charge in [0, 0.05) is 17.5 Å². The molecule has 0 amide bonds. The highest BCUT2D eigenvalue weighted by molar-refractivity contribution is 5.75. The van der Waals surface area contributed by atoms with Gasteiger partial charge in [-0.25, -0.2) is 9.67 Å². The van der Waals surface area contributed by atoms with E-state index in [0.717, 1.165) is 11.6 Å². The minimum atomic E-state index is -4.56. The van der Waals surface area contributed by atoms with E-state index in [-0.39, 0.29) is 30.3 Å². The van der Waals surface area contributed by atoms with Crippen LogP contribution in [0.2, 0.25) is 0 Å². The SMILES string of the molecule is CC(C)(O)c1ncn(-c2ccc(-c3c(C(F)(F)F)ccc4c3CC[C@H]4Oc3ccc4c(c3)OCC4CC(=O)O)cc2)n1. The number of aliphatic hydroxyl groups is 1. The van der Waals surface area contributed by atoms with Crippen LogP contribution in [0.25, 0.3) is 16.8 Å². The van der Waals surface area contributed by atoms with Gasteiger partial charge in [-0.3, -0.25) is 4.79 Å². The number of carboxylic acids is 1. The fourth-order valence-electron chi connectivity index (χ4n) is 5.68. The second kappa shape index (κ2) is 10.2. The first-order valence-electron chi connectivity index (χ1n) is 13.5. The van der Waals surface area contributed by atoms with Crippen molar-refractivity contribution >= 4 is 5.97 Å². The minimum Gasteiger partial charge on any atom is -0.492 e. The summed E-state index contributed by atoms with van der Waals surface area (Å²) < 4.78 is 56.0. The standard InChI is InChI=1S/C31H28F3N3O5/c1-30(2,40)29-35-16-37(36-29)19-5-3-17(4-6-19)28-23-10-12-25(22(23)9-11-24(28)31(32,33)34)42-20-7-8-21-18(13-27(38)39)15-41-26(21)14-20/h3-9,11,14,16,18,25,40H,10,12-13,15H2,1-2H3,(H,38,39)/t18?,25-/m1/s1. The van der Waals surface area contributed by atoms with E-state index in [1.807, 2.05) is 0 Å². The molecule has 2 heterocycles. The molecule has 0 saturated heterocycles. The molecular weight excluding hydrogens is 551 g/mol. The third-order valence-electron chi connectivity index (χ3n) is 7.68. The van der Waals surface area contributed by atoms with Crippen LogP contribution < -0.4 is 9.47 Å². The van der Waals surface area contributed by atoms with Crippen LogP contribution in [-0.4, -0.2) is 37.6 Å². The molecule has 4 aromatic rings. The van der Waals surface area contributed by atoms with Crippen LogP contribution in [0.4, 0.5) is 13.2 Å². The van der Waals surface area contributed by atoms with Crippen LogP contribution in [0.15, 0.2) is 60.9 Å². The number of aromatic nitrogens is 3. The Labute approximate surface area is 239 Å². The molecule has 11 heteroatoms. The Hall–Kier alpha value is -4.38. The van der Waals surface area contributed by atoms with Crippen molar-refractivity contribution in [2.75, 3.05) is 6.61 Å². The van der Waals surface area contributed by atoms with Crippen molar-refractivity contribution in [2.45, 2.75) is 56.9 Å². The second-order valence-electron chi connectivity index (χ2n) is 11.1. The third kappa shape index (κ3) is 5.20. The Morgan fingerprint density at radius 1 is 1.10 bits per heavy atom. The predicted octanol–water partition coefficient (Wildman–Crippen LogP) is 6.20. The van der Waals surface area contributed by atoms with Gasteiger partial charge in [0.25, 0.3) is 0 Å². The summed E-state index contributed by atoms with van der Waals surface area (Å²) in [7, 11) is 0. The van der Waals surface area contributed by atoms with Crippen LogP contribution in [0.3, 0.4) is 0 Å². The number of aliphatic carboxylic acids is 1. The average molecular weight is 580 g/mol. The number of carbonyl (C=O) groups is 1. The van der Waals surface area contributed by atoms with Crippen molar-refractivity contribution in [2.24, 2.45) is 0 Å². The van der Waals surface area contributed by atoms with E-state index in [0.29, 0.717) is 46.7 Å². The molecule has 42 heavy (non-hydrogen) atoms. The number of fused-ring (bicyclic) bond motifs is 2. The largest absolute Gasteiger partial charge is 0.492 e. The molecule has 0 fully saturated rings. The second-order valence-corrected chi connectivity index (χ2v) is 11.1. The lowest BCUT2D eigenvalue weighted by Gasteiger charge is -2.20. The van der Waals surface area contributed by atoms with Gasteiger partial charge in [0.15, 0.2) is 5.82 Å². The highest BCUT2D eigenvalue weighted by atomic mass is 19.4. The van der Waals surface area contributed by atoms with E-state index < -0.39 is 29.4 Å². The molecule has 1 aliphatic heterocycles. The van der Waals surface area contributed by atoms with E-state index >= 15 is 0 Å². The predicted molar refractivity (Wildman–Crippen MR) is 146 cm³/mol. The molecule has 2 atom stereocenters. The van der Waals surface area contributed by atoms with Gasteiger partial charge in [-0.15, -0.1) is 5.10 Å². The lowest BCUT2D eigenvalue weighted by molar-refractivity contribution is -0.138. The Morgan fingerprint density at radius 3 is 2.50 bits per heavy atom. The first-order valence-corrected chi connectivity index (χ1v) is 13.5. The fourth-order valence-corrected chi connectivity index (χ4v) is 5.68. The molecule has 3 aromatic carbocycles. The molecule has 1 aliphatic carbocycles. The zero-order chi connectivity index (χ0) is 29.8. The van der Waals surface area contributed by atoms with Gasteiger partial charge in [0.2, 0.25) is 0 Å². The summed E-state index contributed by atoms with van der Waals surface area (Å²) in [6.45, 7) is 3.41. The van der Waals surface area contributed by atoms with Crippen LogP contribution >= 0.6 is 0 Å². The molecule has 2 aliphatic rings. The Bertz CT molecular complexity index is 1660. The number of hydrogen-bond donors (Lipinski definition) is 2. The lowest BCUT2D eigenvalue weighted by Crippen LogP contribution is -2.18. The van der Waals surface area contributed by atoms with Gasteiger partial charge in [0.1, 0.15) is 29.5 Å². The number of ether oxygens (including phenoxy) is 2. The monoisotopic (exact) mass is 579 g/mol. The number of rotatable bonds is 7. The molecule has 0 radical (unpaired) electrons. The Kier molecular flexibility index (Phi) is 6.72. The highest BCUT2D eigenvalue weighted by Gasteiger charge is 2.38. The summed E-state index contributed by atoms with van der Waals surface area (Å²) in [5.41, 5.74) is 1.28. The average Bonchev–Trinajstić information content (AvgIpc) is 3.67. The van der Waals surface area contributed by atoms with Gasteiger partial charge >= 0.3 is 12.1 Å². The van der Waals surface area contributed by atoms with Crippen molar-refractivity contribution in [1.29, 1.82) is 0 Å². The zero-order valence-electron chi connectivity index (χ0n) is 22.9. The first-order chi connectivity index (χ1) is 19.9. The number of benzene rings is 3. The molecule has 0 bridgehead atoms. The quantitative estimate of drug-likeness (QED) is 0.269. The lowest BCUT2D eigenvalue weighted by atomic mass is 9.91. The number of alkyl halides is 3.